The predicted molar refractivity (Wildman–Crippen MR) is 124 cm³/mol. The minimum absolute atomic E-state index is 0.166. The van der Waals surface area contributed by atoms with Crippen molar-refractivity contribution in [3.05, 3.63) is 71.4 Å². The highest BCUT2D eigenvalue weighted by Crippen LogP contribution is 2.28. The minimum Gasteiger partial charge on any atom is -0.406 e. The number of fused-ring (bicyclic) bond motifs is 1. The molecule has 2 N–H and O–H groups in total. The van der Waals surface area contributed by atoms with Crippen LogP contribution in [0, 0.1) is 12.7 Å². The lowest BCUT2D eigenvalue weighted by atomic mass is 10.0. The van der Waals surface area contributed by atoms with Crippen molar-refractivity contribution in [1.82, 2.24) is 24.9 Å². The summed E-state index contributed by atoms with van der Waals surface area (Å²) in [6.07, 6.45) is -1.89. The first-order valence-electron chi connectivity index (χ1n) is 10.9. The second kappa shape index (κ2) is 9.84. The second-order valence-corrected chi connectivity index (χ2v) is 8.11. The summed E-state index contributed by atoms with van der Waals surface area (Å²) in [5.41, 5.74) is 1.79. The van der Waals surface area contributed by atoms with Crippen molar-refractivity contribution in [2.45, 2.75) is 33.2 Å². The van der Waals surface area contributed by atoms with Gasteiger partial charge in [0.1, 0.15) is 11.6 Å². The molecule has 37 heavy (non-hydrogen) atoms. The van der Waals surface area contributed by atoms with Crippen LogP contribution in [0.2, 0.25) is 0 Å². The summed E-state index contributed by atoms with van der Waals surface area (Å²) in [6.45, 7) is 4.39. The van der Waals surface area contributed by atoms with Crippen LogP contribution in [0.4, 0.5) is 23.4 Å². The summed E-state index contributed by atoms with van der Waals surface area (Å²) < 4.78 is 57.3. The van der Waals surface area contributed by atoms with Gasteiger partial charge in [0.25, 0.3) is 5.91 Å². The molecule has 13 heteroatoms. The smallest absolute Gasteiger partial charge is 0.406 e. The number of hydrogen-bond acceptors (Lipinski definition) is 6. The van der Waals surface area contributed by atoms with Gasteiger partial charge in [-0.3, -0.25) is 14.6 Å². The standard InChI is InChI=1S/C24H20F4N6O3/c1-12-18(23(36)30-13(2)17-9-16(4-5-19(17)25)37-24(26,27)28)8-15(10-29-12)20-6-7-22-32-21(31-14(3)35)11-34(22)33-20/h4-11,13H,1-3H3,(H,30,36)(H,31,35)/t13-/m1/s1. The monoisotopic (exact) mass is 516 g/mol. The van der Waals surface area contributed by atoms with Crippen molar-refractivity contribution < 1.29 is 31.9 Å². The minimum atomic E-state index is -4.94. The molecule has 4 aromatic rings. The fraction of sp³-hybridized carbons (Fsp3) is 0.208. The van der Waals surface area contributed by atoms with E-state index in [4.69, 9.17) is 0 Å². The molecule has 3 heterocycles. The highest BCUT2D eigenvalue weighted by atomic mass is 19.4. The van der Waals surface area contributed by atoms with E-state index in [2.05, 4.69) is 30.4 Å². The number of imidazole rings is 1. The second-order valence-electron chi connectivity index (χ2n) is 8.11. The number of benzene rings is 1. The number of pyridine rings is 1. The average molecular weight is 516 g/mol. The molecule has 0 aliphatic rings. The summed E-state index contributed by atoms with van der Waals surface area (Å²) in [4.78, 5) is 32.8. The number of aromatic nitrogens is 4. The maximum atomic E-state index is 14.3. The molecule has 2 amide bonds. The zero-order valence-electron chi connectivity index (χ0n) is 19.7. The van der Waals surface area contributed by atoms with E-state index in [-0.39, 0.29) is 17.0 Å². The molecule has 0 saturated carbocycles. The molecule has 0 fully saturated rings. The fourth-order valence-electron chi connectivity index (χ4n) is 3.58. The number of halogens is 4. The van der Waals surface area contributed by atoms with Gasteiger partial charge in [0.05, 0.1) is 29.2 Å². The number of nitrogens with zero attached hydrogens (tertiary/aromatic N) is 4. The van der Waals surface area contributed by atoms with Crippen LogP contribution in [-0.2, 0) is 4.79 Å². The molecular formula is C24H20F4N6O3. The molecular weight excluding hydrogens is 496 g/mol. The van der Waals surface area contributed by atoms with Crippen LogP contribution >= 0.6 is 0 Å². The Hall–Kier alpha value is -4.55. The van der Waals surface area contributed by atoms with E-state index in [0.717, 1.165) is 18.2 Å². The molecule has 0 aliphatic carbocycles. The Bertz CT molecular complexity index is 1500. The highest BCUT2D eigenvalue weighted by molar-refractivity contribution is 5.96. The third-order valence-corrected chi connectivity index (χ3v) is 5.27. The molecule has 0 aliphatic heterocycles. The average Bonchev–Trinajstić information content (AvgIpc) is 3.20. The first-order chi connectivity index (χ1) is 17.4. The fourth-order valence-corrected chi connectivity index (χ4v) is 3.58. The van der Waals surface area contributed by atoms with Crippen LogP contribution in [0.25, 0.3) is 16.9 Å². The summed E-state index contributed by atoms with van der Waals surface area (Å²) in [5.74, 6) is -1.98. The van der Waals surface area contributed by atoms with Gasteiger partial charge >= 0.3 is 6.36 Å². The van der Waals surface area contributed by atoms with Gasteiger partial charge in [-0.15, -0.1) is 13.2 Å². The van der Waals surface area contributed by atoms with Crippen molar-refractivity contribution in [2.24, 2.45) is 0 Å². The number of hydrogen-bond donors (Lipinski definition) is 2. The van der Waals surface area contributed by atoms with E-state index in [1.165, 1.54) is 30.8 Å². The van der Waals surface area contributed by atoms with Gasteiger partial charge in [0.2, 0.25) is 5.91 Å². The number of rotatable bonds is 6. The van der Waals surface area contributed by atoms with Crippen molar-refractivity contribution >= 4 is 23.3 Å². The van der Waals surface area contributed by atoms with E-state index >= 15 is 0 Å². The van der Waals surface area contributed by atoms with Gasteiger partial charge in [0, 0.05) is 24.2 Å². The number of carbonyl (C=O) groups is 2. The van der Waals surface area contributed by atoms with Crippen LogP contribution in [-0.4, -0.2) is 37.8 Å². The van der Waals surface area contributed by atoms with Gasteiger partial charge in [-0.2, -0.15) is 5.10 Å². The number of aryl methyl sites for hydroxylation is 1. The SMILES string of the molecule is CC(=O)Nc1cn2nc(-c3cnc(C)c(C(=O)N[C@H](C)c4cc(OC(F)(F)F)ccc4F)c3)ccc2n1. The van der Waals surface area contributed by atoms with Gasteiger partial charge in [-0.25, -0.2) is 13.9 Å². The third kappa shape index (κ3) is 6.00. The number of nitrogens with one attached hydrogen (secondary N) is 2. The quantitative estimate of drug-likeness (QED) is 0.363. The van der Waals surface area contributed by atoms with E-state index in [9.17, 15) is 27.2 Å². The zero-order chi connectivity index (χ0) is 26.9. The molecule has 4 rings (SSSR count). The lowest BCUT2D eigenvalue weighted by molar-refractivity contribution is -0.274. The Morgan fingerprint density at radius 1 is 1.14 bits per heavy atom. The highest BCUT2D eigenvalue weighted by Gasteiger charge is 2.31. The molecule has 3 aromatic heterocycles. The number of carbonyl (C=O) groups excluding carboxylic acids is 2. The first-order valence-corrected chi connectivity index (χ1v) is 10.9. The van der Waals surface area contributed by atoms with Crippen LogP contribution in [0.5, 0.6) is 5.75 Å². The van der Waals surface area contributed by atoms with E-state index < -0.39 is 29.9 Å². The molecule has 1 atom stereocenters. The number of ether oxygens (including phenoxy) is 1. The molecule has 0 spiro atoms. The molecule has 0 bridgehead atoms. The van der Waals surface area contributed by atoms with E-state index in [0.29, 0.717) is 28.4 Å². The molecule has 0 unspecified atom stereocenters. The topological polar surface area (TPSA) is 111 Å². The van der Waals surface area contributed by atoms with Crippen LogP contribution in [0.15, 0.2) is 48.8 Å². The summed E-state index contributed by atoms with van der Waals surface area (Å²) in [7, 11) is 0. The Morgan fingerprint density at radius 2 is 1.89 bits per heavy atom. The molecule has 0 radical (unpaired) electrons. The lowest BCUT2D eigenvalue weighted by Crippen LogP contribution is -2.28. The van der Waals surface area contributed by atoms with Gasteiger partial charge in [-0.1, -0.05) is 0 Å². The maximum Gasteiger partial charge on any atom is 0.573 e. The third-order valence-electron chi connectivity index (χ3n) is 5.27. The van der Waals surface area contributed by atoms with Crippen molar-refractivity contribution in [3.8, 4) is 17.0 Å². The van der Waals surface area contributed by atoms with Crippen LogP contribution in [0.1, 0.15) is 41.5 Å². The number of anilines is 1. The number of alkyl halides is 3. The van der Waals surface area contributed by atoms with E-state index in [1.807, 2.05) is 0 Å². The van der Waals surface area contributed by atoms with Gasteiger partial charge < -0.3 is 15.4 Å². The van der Waals surface area contributed by atoms with Crippen molar-refractivity contribution in [1.29, 1.82) is 0 Å². The Morgan fingerprint density at radius 3 is 2.59 bits per heavy atom. The van der Waals surface area contributed by atoms with Gasteiger partial charge in [-0.05, 0) is 50.2 Å². The Labute approximate surface area is 207 Å². The van der Waals surface area contributed by atoms with Crippen molar-refractivity contribution in [2.75, 3.05) is 5.32 Å². The normalized spacial score (nSPS) is 12.3. The summed E-state index contributed by atoms with van der Waals surface area (Å²) in [6, 6.07) is 6.47. The summed E-state index contributed by atoms with van der Waals surface area (Å²) in [5, 5.41) is 9.59. The Kier molecular flexibility index (Phi) is 6.79. The van der Waals surface area contributed by atoms with Crippen molar-refractivity contribution in [3.63, 3.8) is 0 Å². The molecule has 9 nitrogen and oxygen atoms in total. The maximum absolute atomic E-state index is 14.3. The van der Waals surface area contributed by atoms with Crippen LogP contribution in [0.3, 0.4) is 0 Å². The zero-order valence-corrected chi connectivity index (χ0v) is 19.7. The largest absolute Gasteiger partial charge is 0.573 e. The molecule has 1 aromatic carbocycles. The lowest BCUT2D eigenvalue weighted by Gasteiger charge is -2.18. The number of amides is 2. The predicted octanol–water partition coefficient (Wildman–Crippen LogP) is 4.59. The molecule has 192 valence electrons. The molecule has 0 saturated heterocycles. The Balaban J connectivity index is 1.58. The van der Waals surface area contributed by atoms with E-state index in [1.54, 1.807) is 25.1 Å². The van der Waals surface area contributed by atoms with Crippen LogP contribution < -0.4 is 15.4 Å². The summed E-state index contributed by atoms with van der Waals surface area (Å²) >= 11 is 0. The van der Waals surface area contributed by atoms with Gasteiger partial charge in [0.15, 0.2) is 11.5 Å². The first kappa shape index (κ1) is 25.5.